The first-order valence-electron chi connectivity index (χ1n) is 5.21. The first-order valence-corrected chi connectivity index (χ1v) is 5.21. The van der Waals surface area contributed by atoms with Crippen molar-refractivity contribution in [3.63, 3.8) is 0 Å². The molecule has 0 spiro atoms. The van der Waals surface area contributed by atoms with Crippen LogP contribution in [0.25, 0.3) is 10.9 Å². The molecule has 1 fully saturated rings. The molecule has 0 atom stereocenters. The Kier molecular flexibility index (Phi) is 1.49. The van der Waals surface area contributed by atoms with Crippen molar-refractivity contribution in [1.29, 1.82) is 0 Å². The maximum Gasteiger partial charge on any atom is 0.0717 e. The first kappa shape index (κ1) is 8.04. The summed E-state index contributed by atoms with van der Waals surface area (Å²) in [5, 5.41) is 5.75. The van der Waals surface area contributed by atoms with E-state index in [1.807, 2.05) is 6.20 Å². The van der Waals surface area contributed by atoms with Crippen molar-refractivity contribution in [2.75, 3.05) is 0 Å². The molecule has 0 N–H and O–H groups in total. The molecule has 0 aliphatic heterocycles. The van der Waals surface area contributed by atoms with Gasteiger partial charge in [-0.2, -0.15) is 5.10 Å². The maximum absolute atomic E-state index is 4.48. The Morgan fingerprint density at radius 3 is 2.79 bits per heavy atom. The highest BCUT2D eigenvalue weighted by molar-refractivity contribution is 5.83. The summed E-state index contributed by atoms with van der Waals surface area (Å²) in [5.41, 5.74) is 4.08. The molecule has 2 aromatic rings. The van der Waals surface area contributed by atoms with Gasteiger partial charge in [-0.1, -0.05) is 12.1 Å². The van der Waals surface area contributed by atoms with E-state index in [0.29, 0.717) is 6.04 Å². The maximum atomic E-state index is 4.48. The second-order valence-corrected chi connectivity index (χ2v) is 4.27. The highest BCUT2D eigenvalue weighted by Gasteiger charge is 2.26. The van der Waals surface area contributed by atoms with Crippen molar-refractivity contribution in [1.82, 2.24) is 9.78 Å². The second-order valence-electron chi connectivity index (χ2n) is 4.27. The summed E-state index contributed by atoms with van der Waals surface area (Å²) in [7, 11) is 0. The Morgan fingerprint density at radius 1 is 1.29 bits per heavy atom. The fraction of sp³-hybridized carbons (Fsp3) is 0.417. The average molecular weight is 186 g/mol. The standard InChI is InChI=1S/C12H14N2/c1-8-3-4-10-7-13-14(11-5-6-11)12(10)9(8)2/h3-4,7,11H,5-6H2,1-2H3. The fourth-order valence-corrected chi connectivity index (χ4v) is 2.01. The second kappa shape index (κ2) is 2.59. The lowest BCUT2D eigenvalue weighted by molar-refractivity contribution is 0.664. The van der Waals surface area contributed by atoms with Crippen LogP contribution in [0.3, 0.4) is 0 Å². The van der Waals surface area contributed by atoms with Crippen LogP contribution >= 0.6 is 0 Å². The van der Waals surface area contributed by atoms with Gasteiger partial charge in [-0.25, -0.2) is 0 Å². The van der Waals surface area contributed by atoms with Gasteiger partial charge in [-0.3, -0.25) is 4.68 Å². The number of rotatable bonds is 1. The molecule has 1 aliphatic rings. The number of aryl methyl sites for hydroxylation is 2. The molecule has 0 amide bonds. The lowest BCUT2D eigenvalue weighted by Gasteiger charge is -2.05. The van der Waals surface area contributed by atoms with Gasteiger partial charge < -0.3 is 0 Å². The molecule has 1 aliphatic carbocycles. The summed E-state index contributed by atoms with van der Waals surface area (Å²) in [6.45, 7) is 4.36. The number of benzene rings is 1. The van der Waals surface area contributed by atoms with E-state index in [-0.39, 0.29) is 0 Å². The van der Waals surface area contributed by atoms with E-state index >= 15 is 0 Å². The van der Waals surface area contributed by atoms with Gasteiger partial charge in [0.15, 0.2) is 0 Å². The zero-order valence-electron chi connectivity index (χ0n) is 8.62. The summed E-state index contributed by atoms with van der Waals surface area (Å²) in [6.07, 6.45) is 4.58. The van der Waals surface area contributed by atoms with E-state index in [1.165, 1.54) is 34.9 Å². The Balaban J connectivity index is 2.36. The largest absolute Gasteiger partial charge is 0.262 e. The molecule has 0 unspecified atom stereocenters. The summed E-state index contributed by atoms with van der Waals surface area (Å²) in [4.78, 5) is 0. The summed E-state index contributed by atoms with van der Waals surface area (Å²) in [6, 6.07) is 5.02. The summed E-state index contributed by atoms with van der Waals surface area (Å²) < 4.78 is 2.21. The van der Waals surface area contributed by atoms with Gasteiger partial charge in [0.1, 0.15) is 0 Å². The average Bonchev–Trinajstić information content (AvgIpc) is 2.93. The number of nitrogens with zero attached hydrogens (tertiary/aromatic N) is 2. The molecule has 1 saturated carbocycles. The Labute approximate surface area is 83.5 Å². The zero-order chi connectivity index (χ0) is 9.71. The van der Waals surface area contributed by atoms with Crippen LogP contribution < -0.4 is 0 Å². The van der Waals surface area contributed by atoms with Gasteiger partial charge in [0.05, 0.1) is 17.8 Å². The van der Waals surface area contributed by atoms with Gasteiger partial charge in [-0.15, -0.1) is 0 Å². The minimum Gasteiger partial charge on any atom is -0.262 e. The van der Waals surface area contributed by atoms with Crippen molar-refractivity contribution < 1.29 is 0 Å². The van der Waals surface area contributed by atoms with Crippen LogP contribution in [-0.4, -0.2) is 9.78 Å². The monoisotopic (exact) mass is 186 g/mol. The molecule has 14 heavy (non-hydrogen) atoms. The molecule has 2 heteroatoms. The predicted octanol–water partition coefficient (Wildman–Crippen LogP) is 2.99. The first-order chi connectivity index (χ1) is 6.77. The number of aromatic nitrogens is 2. The van der Waals surface area contributed by atoms with Gasteiger partial charge in [0.25, 0.3) is 0 Å². The highest BCUT2D eigenvalue weighted by atomic mass is 15.3. The smallest absolute Gasteiger partial charge is 0.0717 e. The number of fused-ring (bicyclic) bond motifs is 1. The minimum atomic E-state index is 0.674. The Hall–Kier alpha value is -1.31. The predicted molar refractivity (Wildman–Crippen MR) is 57.5 cm³/mol. The third-order valence-electron chi connectivity index (χ3n) is 3.18. The zero-order valence-corrected chi connectivity index (χ0v) is 8.62. The van der Waals surface area contributed by atoms with E-state index in [1.54, 1.807) is 0 Å². The van der Waals surface area contributed by atoms with E-state index in [4.69, 9.17) is 0 Å². The van der Waals surface area contributed by atoms with Gasteiger partial charge in [0, 0.05) is 5.39 Å². The van der Waals surface area contributed by atoms with Crippen molar-refractivity contribution in [2.24, 2.45) is 0 Å². The molecule has 1 aromatic heterocycles. The molecule has 1 aromatic carbocycles. The van der Waals surface area contributed by atoms with Crippen molar-refractivity contribution >= 4 is 10.9 Å². The lowest BCUT2D eigenvalue weighted by atomic mass is 10.1. The van der Waals surface area contributed by atoms with Crippen LogP contribution in [0.2, 0.25) is 0 Å². The minimum absolute atomic E-state index is 0.674. The topological polar surface area (TPSA) is 17.8 Å². The van der Waals surface area contributed by atoms with E-state index in [2.05, 4.69) is 35.8 Å². The Bertz CT molecular complexity index is 492. The van der Waals surface area contributed by atoms with E-state index < -0.39 is 0 Å². The molecule has 3 rings (SSSR count). The normalized spacial score (nSPS) is 16.4. The van der Waals surface area contributed by atoms with Gasteiger partial charge in [0.2, 0.25) is 0 Å². The molecule has 72 valence electrons. The third kappa shape index (κ3) is 0.999. The van der Waals surface area contributed by atoms with Gasteiger partial charge in [-0.05, 0) is 37.8 Å². The van der Waals surface area contributed by atoms with Gasteiger partial charge >= 0.3 is 0 Å². The molecule has 0 radical (unpaired) electrons. The van der Waals surface area contributed by atoms with Crippen LogP contribution in [0.4, 0.5) is 0 Å². The van der Waals surface area contributed by atoms with Crippen LogP contribution in [0.5, 0.6) is 0 Å². The highest BCUT2D eigenvalue weighted by Crippen LogP contribution is 2.37. The van der Waals surface area contributed by atoms with Crippen molar-refractivity contribution in [3.8, 4) is 0 Å². The van der Waals surface area contributed by atoms with Crippen LogP contribution in [0.1, 0.15) is 30.0 Å². The summed E-state index contributed by atoms with van der Waals surface area (Å²) in [5.74, 6) is 0. The third-order valence-corrected chi connectivity index (χ3v) is 3.18. The van der Waals surface area contributed by atoms with Crippen molar-refractivity contribution in [3.05, 3.63) is 29.5 Å². The molecule has 2 nitrogen and oxygen atoms in total. The molecule has 0 saturated heterocycles. The molecule has 0 bridgehead atoms. The van der Waals surface area contributed by atoms with Crippen LogP contribution in [0, 0.1) is 13.8 Å². The van der Waals surface area contributed by atoms with Crippen LogP contribution in [0.15, 0.2) is 18.3 Å². The SMILES string of the molecule is Cc1ccc2cnn(C3CC3)c2c1C. The fourth-order valence-electron chi connectivity index (χ4n) is 2.01. The number of hydrogen-bond acceptors (Lipinski definition) is 1. The van der Waals surface area contributed by atoms with E-state index in [0.717, 1.165) is 0 Å². The number of hydrogen-bond donors (Lipinski definition) is 0. The van der Waals surface area contributed by atoms with Crippen LogP contribution in [-0.2, 0) is 0 Å². The lowest BCUT2D eigenvalue weighted by Crippen LogP contribution is -1.97. The Morgan fingerprint density at radius 2 is 2.07 bits per heavy atom. The van der Waals surface area contributed by atoms with Crippen molar-refractivity contribution in [2.45, 2.75) is 32.7 Å². The molecular formula is C12H14N2. The summed E-state index contributed by atoms with van der Waals surface area (Å²) >= 11 is 0. The van der Waals surface area contributed by atoms with E-state index in [9.17, 15) is 0 Å². The quantitative estimate of drug-likeness (QED) is 0.669. The molecular weight excluding hydrogens is 172 g/mol. The molecule has 1 heterocycles.